The predicted molar refractivity (Wildman–Crippen MR) is 45.8 cm³/mol. The highest BCUT2D eigenvalue weighted by molar-refractivity contribution is 6.09. The van der Waals surface area contributed by atoms with Crippen LogP contribution in [-0.2, 0) is 0 Å². The summed E-state index contributed by atoms with van der Waals surface area (Å²) in [5.74, 6) is 0. The van der Waals surface area contributed by atoms with Crippen LogP contribution in [0, 0.1) is 5.41 Å². The monoisotopic (exact) mass is 138 g/mol. The van der Waals surface area contributed by atoms with E-state index in [1.54, 1.807) is 0 Å². The third kappa shape index (κ3) is 1.33. The lowest BCUT2D eigenvalue weighted by Crippen LogP contribution is -2.04. The van der Waals surface area contributed by atoms with E-state index in [0.29, 0.717) is 5.41 Å². The molecule has 0 aliphatic heterocycles. The fraction of sp³-hybridized carbons (Fsp3) is 0.500. The minimum Gasteiger partial charge on any atom is -0.0749 e. The number of hydrogen-bond acceptors (Lipinski definition) is 0. The summed E-state index contributed by atoms with van der Waals surface area (Å²) in [6.07, 6.45) is 6.90. The van der Waals surface area contributed by atoms with E-state index in [0.717, 1.165) is 0 Å². The van der Waals surface area contributed by atoms with Gasteiger partial charge in [-0.05, 0) is 6.92 Å². The van der Waals surface area contributed by atoms with E-state index < -0.39 is 0 Å². The average Bonchev–Trinajstić information content (AvgIpc) is 2.13. The second-order valence-corrected chi connectivity index (χ2v) is 3.79. The van der Waals surface area contributed by atoms with Gasteiger partial charge in [0.1, 0.15) is 0 Å². The van der Waals surface area contributed by atoms with Crippen LogP contribution in [0.1, 0.15) is 13.8 Å². The van der Waals surface area contributed by atoms with Gasteiger partial charge in [-0.15, -0.1) is 0 Å². The molecule has 0 aromatic heterocycles. The Kier molecular flexibility index (Phi) is 1.62. The highest BCUT2D eigenvalue weighted by Gasteiger charge is 2.17. The minimum atomic E-state index is 0.427. The first-order valence-electron chi connectivity index (χ1n) is 3.55. The average molecular weight is 138 g/mol. The van der Waals surface area contributed by atoms with Crippen LogP contribution < -0.4 is 0 Å². The minimum absolute atomic E-state index is 0.427. The molecule has 1 aliphatic carbocycles. The first-order chi connectivity index (χ1) is 4.16. The molecule has 0 aromatic rings. The zero-order valence-corrected chi connectivity index (χ0v) is 8.44. The van der Waals surface area contributed by atoms with Gasteiger partial charge in [0.2, 0.25) is 0 Å². The van der Waals surface area contributed by atoms with E-state index in [1.807, 2.05) is 0 Å². The van der Waals surface area contributed by atoms with Crippen LogP contribution >= 0.6 is 0 Å². The van der Waals surface area contributed by atoms with Crippen LogP contribution in [0.25, 0.3) is 0 Å². The quantitative estimate of drug-likeness (QED) is 0.479. The van der Waals surface area contributed by atoms with Crippen molar-refractivity contribution in [1.29, 1.82) is 0 Å². The van der Waals surface area contributed by atoms with Crippen LogP contribution in [0.5, 0.6) is 0 Å². The fourth-order valence-corrected chi connectivity index (χ4v) is 1.60. The van der Waals surface area contributed by atoms with Gasteiger partial charge in [-0.2, -0.15) is 0 Å². The van der Waals surface area contributed by atoms with Gasteiger partial charge < -0.3 is 0 Å². The summed E-state index contributed by atoms with van der Waals surface area (Å²) in [5.41, 5.74) is 1.85. The van der Waals surface area contributed by atoms with Crippen molar-refractivity contribution < 1.29 is 0 Å². The first kappa shape index (κ1) is 6.81. The molecule has 0 fully saturated rings. The van der Waals surface area contributed by atoms with Crippen LogP contribution in [0.3, 0.4) is 0 Å². The molecule has 1 unspecified atom stereocenters. The van der Waals surface area contributed by atoms with Crippen LogP contribution in [0.15, 0.2) is 23.8 Å². The lowest BCUT2D eigenvalue weighted by molar-refractivity contribution is 0.634. The lowest BCUT2D eigenvalue weighted by atomic mass is 9.96. The summed E-state index contributed by atoms with van der Waals surface area (Å²) < 4.78 is 0. The van der Waals surface area contributed by atoms with Gasteiger partial charge in [-0.25, -0.2) is 0 Å². The maximum Gasteiger partial charge on any atom is 0.00428 e. The lowest BCUT2D eigenvalue weighted by Gasteiger charge is -2.15. The number of rotatable bonds is 1. The Morgan fingerprint density at radius 1 is 1.67 bits per heavy atom. The third-order valence-electron chi connectivity index (χ3n) is 2.05. The van der Waals surface area contributed by atoms with Crippen molar-refractivity contribution in [3.63, 3.8) is 0 Å². The Hall–Kier alpha value is -0.303. The van der Waals surface area contributed by atoms with E-state index in [9.17, 15) is 0 Å². The highest BCUT2D eigenvalue weighted by atomic mass is 28.1. The molecule has 1 rings (SSSR count). The molecule has 9 heavy (non-hydrogen) atoms. The van der Waals surface area contributed by atoms with Gasteiger partial charge in [-0.3, -0.25) is 0 Å². The summed E-state index contributed by atoms with van der Waals surface area (Å²) in [4.78, 5) is 0. The van der Waals surface area contributed by atoms with E-state index >= 15 is 0 Å². The molecule has 0 spiro atoms. The molecule has 0 N–H and O–H groups in total. The van der Waals surface area contributed by atoms with Gasteiger partial charge in [0.15, 0.2) is 0 Å². The molecule has 0 heterocycles. The molecule has 1 aliphatic rings. The summed E-state index contributed by atoms with van der Waals surface area (Å²) in [7, 11) is 1.30. The van der Waals surface area contributed by atoms with Gasteiger partial charge in [0, 0.05) is 15.7 Å². The van der Waals surface area contributed by atoms with Crippen LogP contribution in [-0.4, -0.2) is 10.2 Å². The topological polar surface area (TPSA) is 0 Å². The molecule has 0 nitrogen and oxygen atoms in total. The van der Waals surface area contributed by atoms with Crippen molar-refractivity contribution in [2.75, 3.05) is 0 Å². The van der Waals surface area contributed by atoms with Crippen molar-refractivity contribution in [3.05, 3.63) is 23.8 Å². The SMILES string of the molecule is CC1=CC(C)(C[SiH3])C=C1. The Morgan fingerprint density at radius 3 is 2.56 bits per heavy atom. The maximum atomic E-state index is 2.36. The molecular weight excluding hydrogens is 124 g/mol. The molecule has 0 saturated heterocycles. The van der Waals surface area contributed by atoms with Gasteiger partial charge in [0.05, 0.1) is 0 Å². The summed E-state index contributed by atoms with van der Waals surface area (Å²) in [5, 5.41) is 0. The van der Waals surface area contributed by atoms with Crippen molar-refractivity contribution in [3.8, 4) is 0 Å². The molecule has 0 saturated carbocycles. The molecule has 0 aromatic carbocycles. The second-order valence-electron chi connectivity index (χ2n) is 3.08. The molecule has 1 heteroatoms. The molecule has 0 amide bonds. The highest BCUT2D eigenvalue weighted by Crippen LogP contribution is 2.31. The molecular formula is C8H14Si. The molecule has 0 radical (unpaired) electrons. The van der Waals surface area contributed by atoms with Crippen molar-refractivity contribution >= 4 is 10.2 Å². The van der Waals surface area contributed by atoms with E-state index in [-0.39, 0.29) is 0 Å². The number of allylic oxidation sites excluding steroid dienone is 4. The summed E-state index contributed by atoms with van der Waals surface area (Å²) in [6, 6.07) is 1.35. The largest absolute Gasteiger partial charge is 0.0749 e. The van der Waals surface area contributed by atoms with E-state index in [1.165, 1.54) is 21.9 Å². The normalized spacial score (nSPS) is 33.3. The Bertz CT molecular complexity index is 167. The fourth-order valence-electron chi connectivity index (χ4n) is 1.16. The predicted octanol–water partition coefficient (Wildman–Crippen LogP) is 1.29. The molecule has 50 valence electrons. The van der Waals surface area contributed by atoms with Crippen LogP contribution in [0.2, 0.25) is 6.04 Å². The standard InChI is InChI=1S/C8H14Si/c1-7-3-4-8(2,5-7)6-9/h3-5H,6H2,1-2,9H3. The van der Waals surface area contributed by atoms with Crippen LogP contribution in [0.4, 0.5) is 0 Å². The smallest absolute Gasteiger partial charge is 0.00428 e. The summed E-state index contributed by atoms with van der Waals surface area (Å²) in [6.45, 7) is 4.46. The van der Waals surface area contributed by atoms with Gasteiger partial charge in [0.25, 0.3) is 0 Å². The Balaban J connectivity index is 2.78. The van der Waals surface area contributed by atoms with Crippen molar-refractivity contribution in [2.45, 2.75) is 19.9 Å². The van der Waals surface area contributed by atoms with Crippen molar-refractivity contribution in [1.82, 2.24) is 0 Å². The maximum absolute atomic E-state index is 2.36. The van der Waals surface area contributed by atoms with E-state index in [4.69, 9.17) is 0 Å². The summed E-state index contributed by atoms with van der Waals surface area (Å²) >= 11 is 0. The Morgan fingerprint density at radius 2 is 2.33 bits per heavy atom. The number of hydrogen-bond donors (Lipinski definition) is 0. The second kappa shape index (κ2) is 2.14. The molecule has 1 atom stereocenters. The third-order valence-corrected chi connectivity index (χ3v) is 3.57. The Labute approximate surface area is 60.1 Å². The van der Waals surface area contributed by atoms with Gasteiger partial charge in [-0.1, -0.05) is 36.8 Å². The van der Waals surface area contributed by atoms with Gasteiger partial charge >= 0.3 is 0 Å². The molecule has 0 bridgehead atoms. The van der Waals surface area contributed by atoms with E-state index in [2.05, 4.69) is 32.1 Å². The first-order valence-corrected chi connectivity index (χ1v) is 4.96. The zero-order chi connectivity index (χ0) is 6.91. The zero-order valence-electron chi connectivity index (χ0n) is 6.44. The van der Waals surface area contributed by atoms with Crippen molar-refractivity contribution in [2.24, 2.45) is 5.41 Å².